The Morgan fingerprint density at radius 3 is 3.18 bits per heavy atom. The van der Waals surface area contributed by atoms with Gasteiger partial charge in [0.05, 0.1) is 6.07 Å². The summed E-state index contributed by atoms with van der Waals surface area (Å²) in [7, 11) is 0. The zero-order valence-electron chi connectivity index (χ0n) is 9.89. The highest BCUT2D eigenvalue weighted by Crippen LogP contribution is 2.40. The van der Waals surface area contributed by atoms with Crippen molar-refractivity contribution < 1.29 is 0 Å². The molecule has 3 rings (SSSR count). The zero-order valence-corrected chi connectivity index (χ0v) is 9.89. The number of hydrogen-bond donors (Lipinski definition) is 0. The molecule has 2 nitrogen and oxygen atoms in total. The van der Waals surface area contributed by atoms with Gasteiger partial charge in [0.2, 0.25) is 0 Å². The summed E-state index contributed by atoms with van der Waals surface area (Å²) in [5, 5.41) is 8.66. The number of anilines is 1. The predicted octanol–water partition coefficient (Wildman–Crippen LogP) is 3.01. The fraction of sp³-hybridized carbons (Fsp3) is 0.400. The predicted molar refractivity (Wildman–Crippen MR) is 69.1 cm³/mol. The van der Waals surface area contributed by atoms with Crippen LogP contribution >= 0.6 is 0 Å². The quantitative estimate of drug-likeness (QED) is 0.686. The minimum absolute atomic E-state index is 0.430. The molecule has 0 spiro atoms. The number of nitriles is 1. The van der Waals surface area contributed by atoms with Gasteiger partial charge in [-0.3, -0.25) is 0 Å². The van der Waals surface area contributed by atoms with Crippen LogP contribution in [0.3, 0.4) is 0 Å². The summed E-state index contributed by atoms with van der Waals surface area (Å²) >= 11 is 0. The molecular formula is C15H16N2. The van der Waals surface area contributed by atoms with Gasteiger partial charge >= 0.3 is 0 Å². The van der Waals surface area contributed by atoms with Crippen LogP contribution in [0.15, 0.2) is 30.4 Å². The van der Waals surface area contributed by atoms with Crippen molar-refractivity contribution in [1.82, 2.24) is 0 Å². The standard InChI is InChI=1S/C15H16N2/c16-9-2-5-12-8-11-17-10-3-6-13-4-1-7-14(12)15(13)17/h1-2,4-5,7,12H,3,6,8,10-11H2. The average molecular weight is 224 g/mol. The third-order valence-electron chi connectivity index (χ3n) is 3.85. The number of rotatable bonds is 1. The van der Waals surface area contributed by atoms with Crippen LogP contribution in [0.4, 0.5) is 5.69 Å². The van der Waals surface area contributed by atoms with Crippen molar-refractivity contribution in [2.24, 2.45) is 0 Å². The first-order valence-corrected chi connectivity index (χ1v) is 6.33. The monoisotopic (exact) mass is 224 g/mol. The molecule has 17 heavy (non-hydrogen) atoms. The van der Waals surface area contributed by atoms with Crippen molar-refractivity contribution in [2.75, 3.05) is 18.0 Å². The number of para-hydroxylation sites is 1. The Morgan fingerprint density at radius 2 is 2.29 bits per heavy atom. The molecule has 2 heterocycles. The van der Waals surface area contributed by atoms with Crippen molar-refractivity contribution in [3.63, 3.8) is 0 Å². The van der Waals surface area contributed by atoms with Crippen LogP contribution in [0.5, 0.6) is 0 Å². The molecule has 0 aromatic heterocycles. The van der Waals surface area contributed by atoms with E-state index in [2.05, 4.69) is 35.2 Å². The Morgan fingerprint density at radius 1 is 1.35 bits per heavy atom. The largest absolute Gasteiger partial charge is 0.371 e. The minimum atomic E-state index is 0.430. The zero-order chi connectivity index (χ0) is 11.7. The highest BCUT2D eigenvalue weighted by molar-refractivity contribution is 5.64. The van der Waals surface area contributed by atoms with Crippen molar-refractivity contribution in [2.45, 2.75) is 25.2 Å². The number of benzene rings is 1. The van der Waals surface area contributed by atoms with Gasteiger partial charge in [-0.15, -0.1) is 0 Å². The summed E-state index contributed by atoms with van der Waals surface area (Å²) in [5.41, 5.74) is 4.36. The molecule has 1 atom stereocenters. The first kappa shape index (κ1) is 10.4. The van der Waals surface area contributed by atoms with Gasteiger partial charge < -0.3 is 4.90 Å². The molecule has 1 aromatic rings. The van der Waals surface area contributed by atoms with Crippen molar-refractivity contribution in [3.05, 3.63) is 41.5 Å². The molecule has 0 amide bonds. The van der Waals surface area contributed by atoms with Crippen LogP contribution < -0.4 is 4.90 Å². The van der Waals surface area contributed by atoms with E-state index in [1.165, 1.54) is 36.2 Å². The van der Waals surface area contributed by atoms with Crippen molar-refractivity contribution in [3.8, 4) is 6.07 Å². The molecule has 2 heteroatoms. The lowest BCUT2D eigenvalue weighted by atomic mass is 9.85. The maximum Gasteiger partial charge on any atom is 0.0908 e. The fourth-order valence-electron chi connectivity index (χ4n) is 3.10. The van der Waals surface area contributed by atoms with Gasteiger partial charge in [0.1, 0.15) is 0 Å². The van der Waals surface area contributed by atoms with Crippen LogP contribution in [-0.4, -0.2) is 13.1 Å². The highest BCUT2D eigenvalue weighted by atomic mass is 15.1. The molecule has 0 aliphatic carbocycles. The van der Waals surface area contributed by atoms with E-state index < -0.39 is 0 Å². The van der Waals surface area contributed by atoms with Crippen LogP contribution in [0.25, 0.3) is 0 Å². The molecule has 0 fully saturated rings. The van der Waals surface area contributed by atoms with E-state index >= 15 is 0 Å². The Balaban J connectivity index is 2.06. The normalized spacial score (nSPS) is 22.3. The van der Waals surface area contributed by atoms with Crippen LogP contribution in [0.2, 0.25) is 0 Å². The third kappa shape index (κ3) is 1.72. The summed E-state index contributed by atoms with van der Waals surface area (Å²) in [6.07, 6.45) is 7.29. The van der Waals surface area contributed by atoms with E-state index in [0.29, 0.717) is 5.92 Å². The number of aryl methyl sites for hydroxylation is 1. The molecule has 2 aliphatic heterocycles. The summed E-state index contributed by atoms with van der Waals surface area (Å²) in [4.78, 5) is 2.52. The van der Waals surface area contributed by atoms with E-state index in [9.17, 15) is 0 Å². The van der Waals surface area contributed by atoms with Gasteiger partial charge in [-0.1, -0.05) is 24.3 Å². The van der Waals surface area contributed by atoms with Gasteiger partial charge in [-0.25, -0.2) is 0 Å². The lowest BCUT2D eigenvalue weighted by Gasteiger charge is -2.39. The first-order valence-electron chi connectivity index (χ1n) is 6.33. The molecular weight excluding hydrogens is 208 g/mol. The lowest BCUT2D eigenvalue weighted by molar-refractivity contribution is 0.604. The molecule has 1 unspecified atom stereocenters. The molecule has 1 aromatic carbocycles. The number of nitrogens with zero attached hydrogens (tertiary/aromatic N) is 2. The van der Waals surface area contributed by atoms with E-state index in [1.54, 1.807) is 6.08 Å². The molecule has 0 saturated heterocycles. The molecule has 86 valence electrons. The van der Waals surface area contributed by atoms with Crippen molar-refractivity contribution >= 4 is 5.69 Å². The van der Waals surface area contributed by atoms with E-state index in [0.717, 1.165) is 13.0 Å². The second kappa shape index (κ2) is 4.25. The Bertz CT molecular complexity index is 496. The number of allylic oxidation sites excluding steroid dienone is 2. The Labute approximate surface area is 102 Å². The van der Waals surface area contributed by atoms with Gasteiger partial charge in [0.15, 0.2) is 0 Å². The topological polar surface area (TPSA) is 27.0 Å². The second-order valence-corrected chi connectivity index (χ2v) is 4.83. The van der Waals surface area contributed by atoms with E-state index in [4.69, 9.17) is 5.26 Å². The van der Waals surface area contributed by atoms with Crippen molar-refractivity contribution in [1.29, 1.82) is 5.26 Å². The first-order chi connectivity index (χ1) is 8.40. The van der Waals surface area contributed by atoms with Crippen LogP contribution in [0, 0.1) is 11.3 Å². The maximum atomic E-state index is 8.66. The summed E-state index contributed by atoms with van der Waals surface area (Å²) in [6.45, 7) is 2.32. The molecule has 0 radical (unpaired) electrons. The maximum absolute atomic E-state index is 8.66. The molecule has 0 bridgehead atoms. The lowest BCUT2D eigenvalue weighted by Crippen LogP contribution is -2.35. The smallest absolute Gasteiger partial charge is 0.0908 e. The summed E-state index contributed by atoms with van der Waals surface area (Å²) in [6, 6.07) is 8.74. The summed E-state index contributed by atoms with van der Waals surface area (Å²) < 4.78 is 0. The summed E-state index contributed by atoms with van der Waals surface area (Å²) in [5.74, 6) is 0.430. The molecule has 0 N–H and O–H groups in total. The Hall–Kier alpha value is -1.75. The number of hydrogen-bond acceptors (Lipinski definition) is 2. The third-order valence-corrected chi connectivity index (χ3v) is 3.85. The highest BCUT2D eigenvalue weighted by Gasteiger charge is 2.27. The van der Waals surface area contributed by atoms with E-state index in [-0.39, 0.29) is 0 Å². The molecule has 2 aliphatic rings. The van der Waals surface area contributed by atoms with Crippen LogP contribution in [-0.2, 0) is 6.42 Å². The SMILES string of the molecule is N#CC=CC1CCN2CCCc3cccc1c32. The second-order valence-electron chi connectivity index (χ2n) is 4.83. The Kier molecular flexibility index (Phi) is 2.60. The van der Waals surface area contributed by atoms with Gasteiger partial charge in [0.25, 0.3) is 0 Å². The van der Waals surface area contributed by atoms with Gasteiger partial charge in [-0.05, 0) is 30.4 Å². The molecule has 0 saturated carbocycles. The van der Waals surface area contributed by atoms with Gasteiger partial charge in [-0.2, -0.15) is 5.26 Å². The fourth-order valence-corrected chi connectivity index (χ4v) is 3.10. The van der Waals surface area contributed by atoms with E-state index in [1.807, 2.05) is 0 Å². The van der Waals surface area contributed by atoms with Crippen LogP contribution in [0.1, 0.15) is 29.9 Å². The van der Waals surface area contributed by atoms with Gasteiger partial charge in [0, 0.05) is 30.8 Å². The average Bonchev–Trinajstić information content (AvgIpc) is 2.39. The minimum Gasteiger partial charge on any atom is -0.371 e.